The van der Waals surface area contributed by atoms with Gasteiger partial charge in [-0.15, -0.1) is 10.2 Å². The highest BCUT2D eigenvalue weighted by Gasteiger charge is 2.19. The minimum absolute atomic E-state index is 0.0195. The molecule has 160 valence electrons. The van der Waals surface area contributed by atoms with Gasteiger partial charge in [0.15, 0.2) is 5.75 Å². The summed E-state index contributed by atoms with van der Waals surface area (Å²) in [5, 5.41) is 26.8. The monoisotopic (exact) mass is 430 g/mol. The molecule has 9 heteroatoms. The van der Waals surface area contributed by atoms with Gasteiger partial charge in [-0.1, -0.05) is 29.4 Å². The molecule has 0 spiro atoms. The molecular weight excluding hydrogens is 412 g/mol. The lowest BCUT2D eigenvalue weighted by Gasteiger charge is -2.11. The Morgan fingerprint density at radius 1 is 1.06 bits per heavy atom. The van der Waals surface area contributed by atoms with Crippen molar-refractivity contribution >= 4 is 39.8 Å². The van der Waals surface area contributed by atoms with E-state index in [0.29, 0.717) is 27.8 Å². The molecule has 2 N–H and O–H groups in total. The third-order valence-corrected chi connectivity index (χ3v) is 4.67. The number of hydrogen-bond acceptors (Lipinski definition) is 8. The number of ether oxygens (including phenoxy) is 1. The molecule has 0 aliphatic carbocycles. The van der Waals surface area contributed by atoms with E-state index in [2.05, 4.69) is 25.4 Å². The third kappa shape index (κ3) is 4.17. The lowest BCUT2D eigenvalue weighted by molar-refractivity contribution is 0.0600. The van der Waals surface area contributed by atoms with Gasteiger partial charge in [0.2, 0.25) is 5.82 Å². The molecule has 32 heavy (non-hydrogen) atoms. The lowest BCUT2D eigenvalue weighted by atomic mass is 10.0. The maximum Gasteiger partial charge on any atom is 0.337 e. The van der Waals surface area contributed by atoms with Crippen molar-refractivity contribution in [2.75, 3.05) is 12.4 Å². The van der Waals surface area contributed by atoms with E-state index in [1.165, 1.54) is 19.2 Å². The number of anilines is 1. The van der Waals surface area contributed by atoms with Gasteiger partial charge >= 0.3 is 5.97 Å². The Bertz CT molecular complexity index is 1340. The van der Waals surface area contributed by atoms with Crippen molar-refractivity contribution in [1.29, 1.82) is 0 Å². The van der Waals surface area contributed by atoms with Crippen LogP contribution in [0.1, 0.15) is 26.5 Å². The van der Waals surface area contributed by atoms with E-state index in [-0.39, 0.29) is 22.8 Å². The number of benzene rings is 3. The summed E-state index contributed by atoms with van der Waals surface area (Å²) in [6.07, 6.45) is 0. The van der Waals surface area contributed by atoms with E-state index in [0.717, 1.165) is 0 Å². The first-order valence-corrected chi connectivity index (χ1v) is 9.56. The van der Waals surface area contributed by atoms with Crippen LogP contribution < -0.4 is 5.32 Å². The molecule has 9 nitrogen and oxygen atoms in total. The summed E-state index contributed by atoms with van der Waals surface area (Å²) in [5.41, 5.74) is 0.947. The van der Waals surface area contributed by atoms with Crippen molar-refractivity contribution < 1.29 is 24.0 Å². The number of carbonyl (C=O) groups is 2. The lowest BCUT2D eigenvalue weighted by Crippen LogP contribution is -2.12. The Balaban J connectivity index is 1.69. The number of phenols is 1. The topological polar surface area (TPSA) is 126 Å². The molecule has 1 heterocycles. The summed E-state index contributed by atoms with van der Waals surface area (Å²) in [5.74, 6) is -0.539. The highest BCUT2D eigenvalue weighted by Crippen LogP contribution is 2.39. The molecule has 0 unspecified atom stereocenters. The Hall–Kier alpha value is -4.53. The molecule has 3 aromatic carbocycles. The summed E-state index contributed by atoms with van der Waals surface area (Å²) < 4.78 is 9.63. The van der Waals surface area contributed by atoms with Gasteiger partial charge in [0, 0.05) is 17.1 Å². The van der Waals surface area contributed by atoms with Gasteiger partial charge in [-0.2, -0.15) is 0 Å². The van der Waals surface area contributed by atoms with Crippen LogP contribution in [0.3, 0.4) is 0 Å². The fraction of sp³-hybridized carbons (Fsp3) is 0.0870. The summed E-state index contributed by atoms with van der Waals surface area (Å²) in [6, 6.07) is 16.5. The zero-order valence-corrected chi connectivity index (χ0v) is 17.2. The summed E-state index contributed by atoms with van der Waals surface area (Å²) >= 11 is 0. The number of nitrogens with zero attached hydrogens (tertiary/aromatic N) is 3. The van der Waals surface area contributed by atoms with Crippen LogP contribution in [-0.4, -0.2) is 29.2 Å². The normalized spacial score (nSPS) is 11.1. The van der Waals surface area contributed by atoms with E-state index < -0.39 is 11.9 Å². The van der Waals surface area contributed by atoms with Gasteiger partial charge in [0.05, 0.1) is 18.2 Å². The molecule has 1 aromatic heterocycles. The van der Waals surface area contributed by atoms with Crippen LogP contribution in [0.5, 0.6) is 5.75 Å². The van der Waals surface area contributed by atoms with Gasteiger partial charge in [0.25, 0.3) is 5.91 Å². The molecule has 0 fully saturated rings. The second-order valence-electron chi connectivity index (χ2n) is 6.86. The van der Waals surface area contributed by atoms with Gasteiger partial charge in [0.1, 0.15) is 11.4 Å². The van der Waals surface area contributed by atoms with Gasteiger partial charge < -0.3 is 19.7 Å². The van der Waals surface area contributed by atoms with Crippen molar-refractivity contribution in [2.45, 2.75) is 6.92 Å². The number of phenolic OH excluding ortho intramolecular Hbond substituents is 1. The smallest absolute Gasteiger partial charge is 0.337 e. The fourth-order valence-electron chi connectivity index (χ4n) is 3.10. The standard InChI is InChI=1S/C23H18N4O5/c1-13-11-19(27-32-13)25-26-20-17-6-4-3-5-15(17)12-18(21(20)28)22(29)24-16-9-7-14(8-10-16)23(30)31-2/h3-12,28H,1-2H3,(H,24,29)/b26-25+. The maximum atomic E-state index is 12.9. The molecule has 0 saturated heterocycles. The number of amides is 1. The first-order valence-electron chi connectivity index (χ1n) is 9.56. The van der Waals surface area contributed by atoms with Gasteiger partial charge in [-0.05, 0) is 42.6 Å². The minimum Gasteiger partial charge on any atom is -0.505 e. The van der Waals surface area contributed by atoms with Crippen LogP contribution in [0, 0.1) is 6.92 Å². The molecule has 0 radical (unpaired) electrons. The molecule has 0 aliphatic rings. The van der Waals surface area contributed by atoms with Crippen LogP contribution in [0.15, 0.2) is 75.4 Å². The number of esters is 1. The van der Waals surface area contributed by atoms with E-state index in [1.54, 1.807) is 49.4 Å². The third-order valence-electron chi connectivity index (χ3n) is 4.67. The van der Waals surface area contributed by atoms with Crippen molar-refractivity contribution in [2.24, 2.45) is 10.2 Å². The number of fused-ring (bicyclic) bond motifs is 1. The predicted molar refractivity (Wildman–Crippen MR) is 117 cm³/mol. The first-order chi connectivity index (χ1) is 15.5. The number of azo groups is 1. The van der Waals surface area contributed by atoms with Crippen LogP contribution in [0.2, 0.25) is 0 Å². The van der Waals surface area contributed by atoms with Crippen molar-refractivity contribution in [3.63, 3.8) is 0 Å². The number of carbonyl (C=O) groups excluding carboxylic acids is 2. The number of rotatable bonds is 5. The number of aromatic hydroxyl groups is 1. The average Bonchev–Trinajstić information content (AvgIpc) is 3.23. The van der Waals surface area contributed by atoms with E-state index in [4.69, 9.17) is 4.52 Å². The highest BCUT2D eigenvalue weighted by atomic mass is 16.5. The number of hydrogen-bond donors (Lipinski definition) is 2. The van der Waals surface area contributed by atoms with Crippen molar-refractivity contribution in [3.05, 3.63) is 77.6 Å². The SMILES string of the molecule is COC(=O)c1ccc(NC(=O)c2cc3ccccc3c(/N=N/c3cc(C)on3)c2O)cc1. The highest BCUT2D eigenvalue weighted by molar-refractivity contribution is 6.11. The molecule has 0 saturated carbocycles. The number of aryl methyl sites for hydroxylation is 1. The summed E-state index contributed by atoms with van der Waals surface area (Å²) in [6.45, 7) is 1.72. The van der Waals surface area contributed by atoms with Gasteiger partial charge in [-0.3, -0.25) is 4.79 Å². The molecule has 4 rings (SSSR count). The predicted octanol–water partition coefficient (Wildman–Crippen LogP) is 5.30. The zero-order valence-electron chi connectivity index (χ0n) is 17.2. The van der Waals surface area contributed by atoms with E-state index in [1.807, 2.05) is 6.07 Å². The summed E-state index contributed by atoms with van der Waals surface area (Å²) in [4.78, 5) is 24.5. The minimum atomic E-state index is -0.548. The molecule has 1 amide bonds. The van der Waals surface area contributed by atoms with Crippen molar-refractivity contribution in [3.8, 4) is 5.75 Å². The average molecular weight is 430 g/mol. The van der Waals surface area contributed by atoms with Crippen LogP contribution >= 0.6 is 0 Å². The van der Waals surface area contributed by atoms with Gasteiger partial charge in [-0.25, -0.2) is 4.79 Å². The van der Waals surface area contributed by atoms with E-state index in [9.17, 15) is 14.7 Å². The molecule has 0 atom stereocenters. The Morgan fingerprint density at radius 2 is 1.81 bits per heavy atom. The molecule has 0 aliphatic heterocycles. The van der Waals surface area contributed by atoms with Crippen molar-refractivity contribution in [1.82, 2.24) is 5.16 Å². The number of nitrogens with one attached hydrogen (secondary N) is 1. The summed E-state index contributed by atoms with van der Waals surface area (Å²) in [7, 11) is 1.29. The Kier molecular flexibility index (Phi) is 5.63. The number of aromatic nitrogens is 1. The molecule has 0 bridgehead atoms. The second-order valence-corrected chi connectivity index (χ2v) is 6.86. The van der Waals surface area contributed by atoms with Crippen LogP contribution in [0.4, 0.5) is 17.2 Å². The Morgan fingerprint density at radius 3 is 2.50 bits per heavy atom. The second kappa shape index (κ2) is 8.68. The Labute approximate surface area is 182 Å². The van der Waals surface area contributed by atoms with Crippen LogP contribution in [-0.2, 0) is 4.74 Å². The van der Waals surface area contributed by atoms with Crippen LogP contribution in [0.25, 0.3) is 10.8 Å². The first kappa shape index (κ1) is 20.7. The quantitative estimate of drug-likeness (QED) is 0.327. The molecule has 4 aromatic rings. The molecular formula is C23H18N4O5. The zero-order chi connectivity index (χ0) is 22.7. The number of methoxy groups -OCH3 is 1. The maximum absolute atomic E-state index is 12.9. The van der Waals surface area contributed by atoms with E-state index >= 15 is 0 Å². The fourth-order valence-corrected chi connectivity index (χ4v) is 3.10. The largest absolute Gasteiger partial charge is 0.505 e.